The lowest BCUT2D eigenvalue weighted by molar-refractivity contribution is -0.122. The summed E-state index contributed by atoms with van der Waals surface area (Å²) in [5, 5.41) is 3.12. The molecular formula is C22H31N3O3. The monoisotopic (exact) mass is 385 g/mol. The van der Waals surface area contributed by atoms with Crippen molar-refractivity contribution in [2.24, 2.45) is 5.41 Å². The maximum absolute atomic E-state index is 12.8. The summed E-state index contributed by atoms with van der Waals surface area (Å²) in [7, 11) is 0. The summed E-state index contributed by atoms with van der Waals surface area (Å²) in [6.45, 7) is 9.72. The third-order valence-electron chi connectivity index (χ3n) is 6.49. The molecule has 1 saturated heterocycles. The van der Waals surface area contributed by atoms with Crippen molar-refractivity contribution in [3.63, 3.8) is 0 Å². The first kappa shape index (κ1) is 19.4. The Bertz CT molecular complexity index is 751. The third-order valence-corrected chi connectivity index (χ3v) is 6.49. The van der Waals surface area contributed by atoms with Crippen LogP contribution in [-0.4, -0.2) is 62.7 Å². The van der Waals surface area contributed by atoms with Crippen molar-refractivity contribution >= 4 is 17.5 Å². The van der Waals surface area contributed by atoms with Gasteiger partial charge in [0, 0.05) is 50.2 Å². The number of hydrogen-bond acceptors (Lipinski definition) is 4. The number of amides is 2. The minimum Gasteiger partial charge on any atom is -0.379 e. The van der Waals surface area contributed by atoms with Gasteiger partial charge in [-0.3, -0.25) is 14.5 Å². The molecule has 6 heteroatoms. The van der Waals surface area contributed by atoms with Crippen LogP contribution < -0.4 is 10.2 Å². The third kappa shape index (κ3) is 3.80. The number of ether oxygens (including phenoxy) is 1. The van der Waals surface area contributed by atoms with E-state index in [0.29, 0.717) is 13.0 Å². The van der Waals surface area contributed by atoms with Crippen molar-refractivity contribution in [3.8, 4) is 0 Å². The first-order valence-corrected chi connectivity index (χ1v) is 10.4. The molecule has 1 N–H and O–H groups in total. The fourth-order valence-corrected chi connectivity index (χ4v) is 4.41. The van der Waals surface area contributed by atoms with Gasteiger partial charge in [-0.1, -0.05) is 18.2 Å². The van der Waals surface area contributed by atoms with E-state index in [0.717, 1.165) is 50.6 Å². The molecule has 3 aliphatic rings. The van der Waals surface area contributed by atoms with E-state index in [9.17, 15) is 9.59 Å². The van der Waals surface area contributed by atoms with Crippen molar-refractivity contribution in [3.05, 3.63) is 29.8 Å². The van der Waals surface area contributed by atoms with Gasteiger partial charge in [-0.25, -0.2) is 0 Å². The first-order chi connectivity index (χ1) is 13.4. The minimum absolute atomic E-state index is 0.0308. The number of carbonyl (C=O) groups is 2. The van der Waals surface area contributed by atoms with E-state index in [1.54, 1.807) is 4.90 Å². The van der Waals surface area contributed by atoms with E-state index in [4.69, 9.17) is 4.74 Å². The topological polar surface area (TPSA) is 61.9 Å². The second kappa shape index (κ2) is 7.48. The largest absolute Gasteiger partial charge is 0.379 e. The number of anilines is 1. The number of carbonyl (C=O) groups excluding carboxylic acids is 2. The van der Waals surface area contributed by atoms with Crippen LogP contribution in [0.3, 0.4) is 0 Å². The molecule has 1 aromatic rings. The molecule has 0 bridgehead atoms. The fourth-order valence-electron chi connectivity index (χ4n) is 4.41. The van der Waals surface area contributed by atoms with E-state index in [1.807, 2.05) is 38.1 Å². The van der Waals surface area contributed by atoms with Gasteiger partial charge >= 0.3 is 0 Å². The van der Waals surface area contributed by atoms with Gasteiger partial charge in [-0.15, -0.1) is 0 Å². The zero-order chi connectivity index (χ0) is 19.8. The Hall–Kier alpha value is -1.92. The Kier molecular flexibility index (Phi) is 5.19. The van der Waals surface area contributed by atoms with Crippen molar-refractivity contribution in [2.45, 2.75) is 38.5 Å². The normalized spacial score (nSPS) is 22.8. The standard InChI is InChI=1S/C22H31N3O3/c1-21(2)17-5-3-4-6-18(17)25(20(21)27)10-7-19(26)23-15-22(8-9-22)16-24-11-13-28-14-12-24/h3-6H,7-16H2,1-2H3,(H,23,26). The summed E-state index contributed by atoms with van der Waals surface area (Å²) in [5.41, 5.74) is 1.70. The average Bonchev–Trinajstić information content (AvgIpc) is 3.43. The van der Waals surface area contributed by atoms with Gasteiger partial charge in [0.25, 0.3) is 0 Å². The van der Waals surface area contributed by atoms with E-state index >= 15 is 0 Å². The van der Waals surface area contributed by atoms with Crippen LogP contribution in [-0.2, 0) is 19.7 Å². The molecule has 1 aliphatic carbocycles. The van der Waals surface area contributed by atoms with Crippen LogP contribution in [0.1, 0.15) is 38.7 Å². The molecular weight excluding hydrogens is 354 g/mol. The van der Waals surface area contributed by atoms with Crippen molar-refractivity contribution in [2.75, 3.05) is 50.8 Å². The first-order valence-electron chi connectivity index (χ1n) is 10.4. The van der Waals surface area contributed by atoms with Gasteiger partial charge in [0.05, 0.1) is 18.6 Å². The Morgan fingerprint density at radius 3 is 2.61 bits per heavy atom. The quantitative estimate of drug-likeness (QED) is 0.779. The molecule has 2 fully saturated rings. The Morgan fingerprint density at radius 2 is 1.89 bits per heavy atom. The SMILES string of the molecule is CC1(C)C(=O)N(CCC(=O)NCC2(CN3CCOCC3)CC2)c2ccccc21. The molecule has 6 nitrogen and oxygen atoms in total. The summed E-state index contributed by atoms with van der Waals surface area (Å²) in [6.07, 6.45) is 2.69. The van der Waals surface area contributed by atoms with Crippen LogP contribution in [0.15, 0.2) is 24.3 Å². The second-order valence-corrected chi connectivity index (χ2v) is 9.01. The summed E-state index contributed by atoms with van der Waals surface area (Å²) in [5.74, 6) is 0.107. The number of hydrogen-bond donors (Lipinski definition) is 1. The lowest BCUT2D eigenvalue weighted by atomic mass is 9.86. The predicted molar refractivity (Wildman–Crippen MR) is 108 cm³/mol. The summed E-state index contributed by atoms with van der Waals surface area (Å²) >= 11 is 0. The second-order valence-electron chi connectivity index (χ2n) is 9.01. The van der Waals surface area contributed by atoms with Crippen molar-refractivity contribution < 1.29 is 14.3 Å². The van der Waals surface area contributed by atoms with Crippen molar-refractivity contribution in [1.29, 1.82) is 0 Å². The van der Waals surface area contributed by atoms with E-state index in [-0.39, 0.29) is 17.2 Å². The van der Waals surface area contributed by atoms with Gasteiger partial charge in [-0.2, -0.15) is 0 Å². The average molecular weight is 386 g/mol. The maximum atomic E-state index is 12.8. The molecule has 0 unspecified atom stereocenters. The van der Waals surface area contributed by atoms with Gasteiger partial charge in [0.15, 0.2) is 0 Å². The van der Waals surface area contributed by atoms with Crippen LogP contribution in [0.5, 0.6) is 0 Å². The highest BCUT2D eigenvalue weighted by Crippen LogP contribution is 2.46. The molecule has 2 amide bonds. The van der Waals surface area contributed by atoms with E-state index in [2.05, 4.69) is 10.2 Å². The van der Waals surface area contributed by atoms with Crippen LogP contribution in [0.25, 0.3) is 0 Å². The molecule has 4 rings (SSSR count). The molecule has 0 radical (unpaired) electrons. The van der Waals surface area contributed by atoms with Crippen LogP contribution in [0.2, 0.25) is 0 Å². The highest BCUT2D eigenvalue weighted by Gasteiger charge is 2.45. The highest BCUT2D eigenvalue weighted by molar-refractivity contribution is 6.07. The Labute approximate surface area is 167 Å². The van der Waals surface area contributed by atoms with E-state index in [1.165, 1.54) is 12.8 Å². The zero-order valence-electron chi connectivity index (χ0n) is 17.0. The molecule has 152 valence electrons. The number of benzene rings is 1. The summed E-state index contributed by atoms with van der Waals surface area (Å²) in [6, 6.07) is 7.90. The maximum Gasteiger partial charge on any atom is 0.237 e. The number of para-hydroxylation sites is 1. The Morgan fingerprint density at radius 1 is 1.18 bits per heavy atom. The van der Waals surface area contributed by atoms with Gasteiger partial charge < -0.3 is 15.0 Å². The van der Waals surface area contributed by atoms with E-state index < -0.39 is 5.41 Å². The molecule has 0 aromatic heterocycles. The smallest absolute Gasteiger partial charge is 0.237 e. The van der Waals surface area contributed by atoms with Gasteiger partial charge in [0.2, 0.25) is 11.8 Å². The van der Waals surface area contributed by atoms with Crippen LogP contribution in [0, 0.1) is 5.41 Å². The number of fused-ring (bicyclic) bond motifs is 1. The molecule has 28 heavy (non-hydrogen) atoms. The van der Waals surface area contributed by atoms with Crippen molar-refractivity contribution in [1.82, 2.24) is 10.2 Å². The number of nitrogens with one attached hydrogen (secondary N) is 1. The lowest BCUT2D eigenvalue weighted by Gasteiger charge is -2.30. The minimum atomic E-state index is -0.525. The van der Waals surface area contributed by atoms with Crippen LogP contribution >= 0.6 is 0 Å². The van der Waals surface area contributed by atoms with Gasteiger partial charge in [0.1, 0.15) is 0 Å². The number of nitrogens with zero attached hydrogens (tertiary/aromatic N) is 2. The molecule has 2 heterocycles. The number of rotatable bonds is 7. The molecule has 0 spiro atoms. The zero-order valence-corrected chi connectivity index (χ0v) is 17.0. The number of morpholine rings is 1. The molecule has 1 saturated carbocycles. The molecule has 1 aromatic carbocycles. The fraction of sp³-hybridized carbons (Fsp3) is 0.636. The van der Waals surface area contributed by atoms with Crippen LogP contribution in [0.4, 0.5) is 5.69 Å². The van der Waals surface area contributed by atoms with Gasteiger partial charge in [-0.05, 0) is 38.3 Å². The predicted octanol–water partition coefficient (Wildman–Crippen LogP) is 1.93. The summed E-state index contributed by atoms with van der Waals surface area (Å²) in [4.78, 5) is 29.5. The summed E-state index contributed by atoms with van der Waals surface area (Å²) < 4.78 is 5.42. The Balaban J connectivity index is 1.28. The molecule has 2 aliphatic heterocycles. The lowest BCUT2D eigenvalue weighted by Crippen LogP contribution is -2.43. The molecule has 0 atom stereocenters. The highest BCUT2D eigenvalue weighted by atomic mass is 16.5.